The lowest BCUT2D eigenvalue weighted by Gasteiger charge is -2.07. The Labute approximate surface area is 102 Å². The highest BCUT2D eigenvalue weighted by molar-refractivity contribution is 5.22. The molecule has 0 spiro atoms. The minimum atomic E-state index is 0.604. The van der Waals surface area contributed by atoms with Crippen LogP contribution in [-0.4, -0.2) is 9.55 Å². The summed E-state index contributed by atoms with van der Waals surface area (Å²) in [5.74, 6) is 1.16. The van der Waals surface area contributed by atoms with Crippen LogP contribution in [0.4, 0.5) is 0 Å². The van der Waals surface area contributed by atoms with Crippen molar-refractivity contribution >= 4 is 0 Å². The molecule has 0 saturated carbocycles. The Morgan fingerprint density at radius 3 is 2.53 bits per heavy atom. The number of aryl methyl sites for hydroxylation is 1. The first-order valence-corrected chi connectivity index (χ1v) is 6.11. The van der Waals surface area contributed by atoms with Crippen molar-refractivity contribution in [3.8, 4) is 0 Å². The molecule has 0 aliphatic rings. The van der Waals surface area contributed by atoms with Crippen LogP contribution < -0.4 is 5.73 Å². The van der Waals surface area contributed by atoms with Crippen LogP contribution in [0.15, 0.2) is 36.7 Å². The number of aromatic nitrogens is 2. The third kappa shape index (κ3) is 2.94. The molecule has 2 rings (SSSR count). The van der Waals surface area contributed by atoms with Gasteiger partial charge in [0.15, 0.2) is 0 Å². The SMILES string of the molecule is CCCc1nccn1Cc1ccc(CN)cc1. The van der Waals surface area contributed by atoms with Gasteiger partial charge in [0.2, 0.25) is 0 Å². The van der Waals surface area contributed by atoms with Crippen LogP contribution in [0.3, 0.4) is 0 Å². The second-order valence-electron chi connectivity index (χ2n) is 4.24. The van der Waals surface area contributed by atoms with Gasteiger partial charge < -0.3 is 10.3 Å². The van der Waals surface area contributed by atoms with Gasteiger partial charge in [-0.15, -0.1) is 0 Å². The maximum Gasteiger partial charge on any atom is 0.108 e. The van der Waals surface area contributed by atoms with Crippen molar-refractivity contribution in [3.05, 3.63) is 53.6 Å². The summed E-state index contributed by atoms with van der Waals surface area (Å²) in [5.41, 5.74) is 8.05. The summed E-state index contributed by atoms with van der Waals surface area (Å²) in [6.45, 7) is 3.67. The Morgan fingerprint density at radius 2 is 1.88 bits per heavy atom. The molecule has 0 saturated heterocycles. The van der Waals surface area contributed by atoms with Gasteiger partial charge in [0.05, 0.1) is 0 Å². The molecule has 3 heteroatoms. The highest BCUT2D eigenvalue weighted by Gasteiger charge is 2.02. The zero-order chi connectivity index (χ0) is 12.1. The van der Waals surface area contributed by atoms with Crippen molar-refractivity contribution < 1.29 is 0 Å². The molecule has 2 N–H and O–H groups in total. The van der Waals surface area contributed by atoms with Gasteiger partial charge in [-0.25, -0.2) is 4.98 Å². The van der Waals surface area contributed by atoms with Gasteiger partial charge in [0, 0.05) is 31.9 Å². The van der Waals surface area contributed by atoms with Crippen molar-refractivity contribution in [2.24, 2.45) is 5.73 Å². The van der Waals surface area contributed by atoms with Crippen molar-refractivity contribution in [3.63, 3.8) is 0 Å². The summed E-state index contributed by atoms with van der Waals surface area (Å²) >= 11 is 0. The Hall–Kier alpha value is -1.61. The zero-order valence-corrected chi connectivity index (χ0v) is 10.3. The zero-order valence-electron chi connectivity index (χ0n) is 10.3. The van der Waals surface area contributed by atoms with Crippen molar-refractivity contribution in [2.45, 2.75) is 32.9 Å². The van der Waals surface area contributed by atoms with E-state index in [2.05, 4.69) is 40.7 Å². The third-order valence-electron chi connectivity index (χ3n) is 2.89. The monoisotopic (exact) mass is 229 g/mol. The Kier molecular flexibility index (Phi) is 3.94. The van der Waals surface area contributed by atoms with E-state index in [1.165, 1.54) is 11.1 Å². The van der Waals surface area contributed by atoms with E-state index < -0.39 is 0 Å². The summed E-state index contributed by atoms with van der Waals surface area (Å²) in [7, 11) is 0. The number of hydrogen-bond acceptors (Lipinski definition) is 2. The van der Waals surface area contributed by atoms with E-state index in [0.717, 1.165) is 25.2 Å². The summed E-state index contributed by atoms with van der Waals surface area (Å²) < 4.78 is 2.21. The number of benzene rings is 1. The third-order valence-corrected chi connectivity index (χ3v) is 2.89. The average Bonchev–Trinajstić information content (AvgIpc) is 2.78. The summed E-state index contributed by atoms with van der Waals surface area (Å²) in [5, 5.41) is 0. The second kappa shape index (κ2) is 5.64. The molecule has 0 atom stereocenters. The van der Waals surface area contributed by atoms with E-state index in [4.69, 9.17) is 5.73 Å². The fraction of sp³-hybridized carbons (Fsp3) is 0.357. The molecule has 0 fully saturated rings. The smallest absolute Gasteiger partial charge is 0.108 e. The molecule has 3 nitrogen and oxygen atoms in total. The van der Waals surface area contributed by atoms with Crippen LogP contribution in [0.1, 0.15) is 30.3 Å². The van der Waals surface area contributed by atoms with E-state index in [9.17, 15) is 0 Å². The number of nitrogens with zero attached hydrogens (tertiary/aromatic N) is 2. The van der Waals surface area contributed by atoms with Gasteiger partial charge in [-0.05, 0) is 17.5 Å². The average molecular weight is 229 g/mol. The molecule has 2 aromatic rings. The quantitative estimate of drug-likeness (QED) is 0.855. The molecule has 0 aliphatic heterocycles. The van der Waals surface area contributed by atoms with E-state index in [1.807, 2.05) is 12.4 Å². The summed E-state index contributed by atoms with van der Waals surface area (Å²) in [4.78, 5) is 4.38. The van der Waals surface area contributed by atoms with E-state index >= 15 is 0 Å². The predicted molar refractivity (Wildman–Crippen MR) is 69.7 cm³/mol. The maximum absolute atomic E-state index is 5.58. The molecule has 0 bridgehead atoms. The van der Waals surface area contributed by atoms with Gasteiger partial charge >= 0.3 is 0 Å². The lowest BCUT2D eigenvalue weighted by molar-refractivity contribution is 0.705. The van der Waals surface area contributed by atoms with Crippen LogP contribution in [-0.2, 0) is 19.5 Å². The van der Waals surface area contributed by atoms with Crippen LogP contribution >= 0.6 is 0 Å². The van der Waals surface area contributed by atoms with Crippen molar-refractivity contribution in [1.82, 2.24) is 9.55 Å². The molecule has 1 aromatic carbocycles. The van der Waals surface area contributed by atoms with E-state index in [0.29, 0.717) is 6.54 Å². The molecule has 17 heavy (non-hydrogen) atoms. The van der Waals surface area contributed by atoms with Gasteiger partial charge in [-0.1, -0.05) is 31.2 Å². The summed E-state index contributed by atoms with van der Waals surface area (Å²) in [6, 6.07) is 8.45. The Morgan fingerprint density at radius 1 is 1.18 bits per heavy atom. The molecule has 0 radical (unpaired) electrons. The van der Waals surface area contributed by atoms with Crippen LogP contribution in [0.5, 0.6) is 0 Å². The molecule has 0 aliphatic carbocycles. The molecular weight excluding hydrogens is 210 g/mol. The largest absolute Gasteiger partial charge is 0.331 e. The van der Waals surface area contributed by atoms with Gasteiger partial charge in [0.1, 0.15) is 5.82 Å². The van der Waals surface area contributed by atoms with E-state index in [-0.39, 0.29) is 0 Å². The fourth-order valence-electron chi connectivity index (χ4n) is 1.91. The normalized spacial score (nSPS) is 10.7. The van der Waals surface area contributed by atoms with E-state index in [1.54, 1.807) is 0 Å². The van der Waals surface area contributed by atoms with Gasteiger partial charge in [-0.2, -0.15) is 0 Å². The summed E-state index contributed by atoms with van der Waals surface area (Å²) in [6.07, 6.45) is 6.08. The van der Waals surface area contributed by atoms with Crippen LogP contribution in [0.25, 0.3) is 0 Å². The first-order chi connectivity index (χ1) is 8.33. The Balaban J connectivity index is 2.10. The molecular formula is C14H19N3. The lowest BCUT2D eigenvalue weighted by Crippen LogP contribution is -2.04. The minimum Gasteiger partial charge on any atom is -0.331 e. The molecule has 0 unspecified atom stereocenters. The lowest BCUT2D eigenvalue weighted by atomic mass is 10.1. The van der Waals surface area contributed by atoms with Crippen LogP contribution in [0, 0.1) is 0 Å². The number of hydrogen-bond donors (Lipinski definition) is 1. The number of rotatable bonds is 5. The molecule has 90 valence electrons. The maximum atomic E-state index is 5.58. The minimum absolute atomic E-state index is 0.604. The molecule has 1 heterocycles. The fourth-order valence-corrected chi connectivity index (χ4v) is 1.91. The highest BCUT2D eigenvalue weighted by atomic mass is 15.1. The van der Waals surface area contributed by atoms with Gasteiger partial charge in [-0.3, -0.25) is 0 Å². The number of nitrogens with two attached hydrogens (primary N) is 1. The first kappa shape index (κ1) is 11.9. The van der Waals surface area contributed by atoms with Crippen molar-refractivity contribution in [2.75, 3.05) is 0 Å². The Bertz CT molecular complexity index is 457. The first-order valence-electron chi connectivity index (χ1n) is 6.11. The van der Waals surface area contributed by atoms with Crippen molar-refractivity contribution in [1.29, 1.82) is 0 Å². The topological polar surface area (TPSA) is 43.8 Å². The van der Waals surface area contributed by atoms with Crippen LogP contribution in [0.2, 0.25) is 0 Å². The second-order valence-corrected chi connectivity index (χ2v) is 4.24. The number of imidazole rings is 1. The predicted octanol–water partition coefficient (Wildman–Crippen LogP) is 2.34. The molecule has 1 aromatic heterocycles. The molecule has 0 amide bonds. The standard InChI is InChI=1S/C14H19N3/c1-2-3-14-16-8-9-17(14)11-13-6-4-12(10-15)5-7-13/h4-9H,2-3,10-11,15H2,1H3. The highest BCUT2D eigenvalue weighted by Crippen LogP contribution is 2.09. The van der Waals surface area contributed by atoms with Gasteiger partial charge in [0.25, 0.3) is 0 Å².